The van der Waals surface area contributed by atoms with E-state index in [0.29, 0.717) is 5.69 Å². The van der Waals surface area contributed by atoms with Gasteiger partial charge in [-0.15, -0.1) is 0 Å². The van der Waals surface area contributed by atoms with Crippen molar-refractivity contribution in [2.45, 2.75) is 18.2 Å². The predicted molar refractivity (Wildman–Crippen MR) is 62.1 cm³/mol. The van der Waals surface area contributed by atoms with Crippen molar-refractivity contribution in [1.29, 1.82) is 0 Å². The molecule has 0 unspecified atom stereocenters. The highest BCUT2D eigenvalue weighted by molar-refractivity contribution is 7.91. The first kappa shape index (κ1) is 12.0. The normalized spacial score (nSPS) is 15.9. The van der Waals surface area contributed by atoms with Gasteiger partial charge in [-0.05, 0) is 24.6 Å². The molecule has 0 heterocycles. The lowest BCUT2D eigenvalue weighted by molar-refractivity contribution is 0.571. The van der Waals surface area contributed by atoms with Gasteiger partial charge in [0.05, 0.1) is 5.25 Å². The summed E-state index contributed by atoms with van der Waals surface area (Å²) in [6.07, 6.45) is 1.18. The van der Waals surface area contributed by atoms with Crippen molar-refractivity contribution in [2.24, 2.45) is 5.73 Å². The predicted octanol–water partition coefficient (Wildman–Crippen LogP) is 0.702. The van der Waals surface area contributed by atoms with Crippen molar-refractivity contribution < 1.29 is 8.42 Å². The van der Waals surface area contributed by atoms with E-state index in [2.05, 4.69) is 0 Å². The van der Waals surface area contributed by atoms with E-state index in [-0.39, 0.29) is 0 Å². The van der Waals surface area contributed by atoms with Crippen molar-refractivity contribution >= 4 is 15.5 Å². The molecule has 0 aromatic heterocycles. The fourth-order valence-corrected chi connectivity index (χ4v) is 1.99. The Kier molecular flexibility index (Phi) is 3.36. The first-order valence-corrected chi connectivity index (χ1v) is 6.57. The molecule has 1 rings (SSSR count). The van der Waals surface area contributed by atoms with Crippen LogP contribution in [0, 0.1) is 0 Å². The molecule has 0 bridgehead atoms. The summed E-state index contributed by atoms with van der Waals surface area (Å²) in [4.78, 5) is 0. The smallest absolute Gasteiger partial charge is 0.151 e. The van der Waals surface area contributed by atoms with Crippen LogP contribution in [0.5, 0.6) is 0 Å². The number of anilines is 1. The summed E-state index contributed by atoms with van der Waals surface area (Å²) < 4.78 is 22.6. The second-order valence-corrected chi connectivity index (χ2v) is 6.13. The largest absolute Gasteiger partial charge is 0.399 e. The molecular formula is C10H16N2O2S. The third-order valence-electron chi connectivity index (χ3n) is 2.48. The van der Waals surface area contributed by atoms with Gasteiger partial charge in [0.1, 0.15) is 0 Å². The van der Waals surface area contributed by atoms with Gasteiger partial charge in [-0.2, -0.15) is 0 Å². The molecule has 4 nitrogen and oxygen atoms in total. The molecule has 0 aliphatic carbocycles. The van der Waals surface area contributed by atoms with Crippen LogP contribution in [0.25, 0.3) is 0 Å². The molecule has 5 heteroatoms. The maximum absolute atomic E-state index is 11.3. The van der Waals surface area contributed by atoms with Crippen LogP contribution in [0.4, 0.5) is 5.69 Å². The molecule has 0 saturated carbocycles. The van der Waals surface area contributed by atoms with Gasteiger partial charge in [0.15, 0.2) is 9.84 Å². The average molecular weight is 228 g/mol. The van der Waals surface area contributed by atoms with Gasteiger partial charge in [-0.25, -0.2) is 8.42 Å². The summed E-state index contributed by atoms with van der Waals surface area (Å²) in [6.45, 7) is 1.60. The van der Waals surface area contributed by atoms with Crippen molar-refractivity contribution in [3.05, 3.63) is 29.8 Å². The van der Waals surface area contributed by atoms with Crippen LogP contribution in [0.2, 0.25) is 0 Å². The molecule has 0 saturated heterocycles. The van der Waals surface area contributed by atoms with Gasteiger partial charge in [0, 0.05) is 18.0 Å². The number of nitrogen functional groups attached to an aromatic ring is 1. The minimum absolute atomic E-state index is 0.538. The molecule has 0 aliphatic rings. The van der Waals surface area contributed by atoms with Crippen molar-refractivity contribution in [2.75, 3.05) is 12.0 Å². The molecule has 1 aromatic rings. The summed E-state index contributed by atoms with van der Waals surface area (Å²) in [6, 6.07) is 6.44. The van der Waals surface area contributed by atoms with Gasteiger partial charge >= 0.3 is 0 Å². The van der Waals surface area contributed by atoms with Crippen LogP contribution >= 0.6 is 0 Å². The SMILES string of the molecule is C[C@@H]([C@@H](N)c1cccc(N)c1)S(C)(=O)=O. The Morgan fingerprint density at radius 2 is 1.93 bits per heavy atom. The fourth-order valence-electron chi connectivity index (χ4n) is 1.30. The Morgan fingerprint density at radius 1 is 1.33 bits per heavy atom. The summed E-state index contributed by atoms with van der Waals surface area (Å²) in [5.74, 6) is 0. The standard InChI is InChI=1S/C10H16N2O2S/c1-7(15(2,13)14)10(12)8-4-3-5-9(11)6-8/h3-7,10H,11-12H2,1-2H3/t7-,10+/m0/s1. The highest BCUT2D eigenvalue weighted by Gasteiger charge is 2.23. The van der Waals surface area contributed by atoms with E-state index in [0.717, 1.165) is 5.56 Å². The maximum atomic E-state index is 11.3. The number of nitrogens with two attached hydrogens (primary N) is 2. The molecule has 1 aromatic carbocycles. The van der Waals surface area contributed by atoms with Crippen LogP contribution in [0.1, 0.15) is 18.5 Å². The van der Waals surface area contributed by atoms with E-state index in [1.807, 2.05) is 0 Å². The summed E-state index contributed by atoms with van der Waals surface area (Å²) in [5, 5.41) is -0.612. The molecule has 0 spiro atoms. The molecule has 0 fully saturated rings. The minimum atomic E-state index is -3.13. The molecule has 2 atom stereocenters. The van der Waals surface area contributed by atoms with Crippen molar-refractivity contribution in [1.82, 2.24) is 0 Å². The fraction of sp³-hybridized carbons (Fsp3) is 0.400. The Balaban J connectivity index is 3.00. The van der Waals surface area contributed by atoms with Gasteiger partial charge in [0.25, 0.3) is 0 Å². The third-order valence-corrected chi connectivity index (χ3v) is 4.12. The number of rotatable bonds is 3. The molecular weight excluding hydrogens is 212 g/mol. The number of sulfone groups is 1. The second-order valence-electron chi connectivity index (χ2n) is 3.73. The number of hydrogen-bond acceptors (Lipinski definition) is 4. The Morgan fingerprint density at radius 3 is 2.40 bits per heavy atom. The Labute approximate surface area is 90.2 Å². The first-order valence-electron chi connectivity index (χ1n) is 4.62. The molecule has 84 valence electrons. The van der Waals surface area contributed by atoms with E-state index in [9.17, 15) is 8.42 Å². The van der Waals surface area contributed by atoms with Gasteiger partial charge in [-0.3, -0.25) is 0 Å². The van der Waals surface area contributed by atoms with E-state index < -0.39 is 21.1 Å². The molecule has 4 N–H and O–H groups in total. The summed E-state index contributed by atoms with van der Waals surface area (Å²) in [7, 11) is -3.13. The third kappa shape index (κ3) is 2.94. The highest BCUT2D eigenvalue weighted by Crippen LogP contribution is 2.20. The van der Waals surface area contributed by atoms with Crippen molar-refractivity contribution in [3.8, 4) is 0 Å². The minimum Gasteiger partial charge on any atom is -0.399 e. The van der Waals surface area contributed by atoms with Crippen LogP contribution in [-0.2, 0) is 9.84 Å². The molecule has 15 heavy (non-hydrogen) atoms. The molecule has 0 aliphatic heterocycles. The Bertz CT molecular complexity index is 442. The van der Waals surface area contributed by atoms with Crippen LogP contribution in [-0.4, -0.2) is 19.9 Å². The lowest BCUT2D eigenvalue weighted by Gasteiger charge is -2.18. The second kappa shape index (κ2) is 4.20. The van der Waals surface area contributed by atoms with Gasteiger partial charge < -0.3 is 11.5 Å². The molecule has 0 radical (unpaired) electrons. The summed E-state index contributed by atoms with van der Waals surface area (Å²) in [5.41, 5.74) is 12.8. The lowest BCUT2D eigenvalue weighted by atomic mass is 10.0. The highest BCUT2D eigenvalue weighted by atomic mass is 32.2. The lowest BCUT2D eigenvalue weighted by Crippen LogP contribution is -2.30. The average Bonchev–Trinajstić information content (AvgIpc) is 2.14. The number of benzene rings is 1. The van der Waals surface area contributed by atoms with E-state index in [1.54, 1.807) is 31.2 Å². The topological polar surface area (TPSA) is 86.2 Å². The summed E-state index contributed by atoms with van der Waals surface area (Å²) >= 11 is 0. The zero-order valence-electron chi connectivity index (χ0n) is 8.84. The van der Waals surface area contributed by atoms with Crippen molar-refractivity contribution in [3.63, 3.8) is 0 Å². The van der Waals surface area contributed by atoms with E-state index in [1.165, 1.54) is 6.26 Å². The van der Waals surface area contributed by atoms with Gasteiger partial charge in [0.2, 0.25) is 0 Å². The van der Waals surface area contributed by atoms with Crippen LogP contribution in [0.15, 0.2) is 24.3 Å². The monoisotopic (exact) mass is 228 g/mol. The first-order chi connectivity index (χ1) is 6.82. The number of hydrogen-bond donors (Lipinski definition) is 2. The van der Waals surface area contributed by atoms with Crippen LogP contribution in [0.3, 0.4) is 0 Å². The Hall–Kier alpha value is -1.07. The van der Waals surface area contributed by atoms with Gasteiger partial charge in [-0.1, -0.05) is 12.1 Å². The maximum Gasteiger partial charge on any atom is 0.151 e. The van der Waals surface area contributed by atoms with E-state index in [4.69, 9.17) is 11.5 Å². The zero-order valence-corrected chi connectivity index (χ0v) is 9.66. The van der Waals surface area contributed by atoms with E-state index >= 15 is 0 Å². The zero-order chi connectivity index (χ0) is 11.6. The van der Waals surface area contributed by atoms with Crippen LogP contribution < -0.4 is 11.5 Å². The molecule has 0 amide bonds. The quantitative estimate of drug-likeness (QED) is 0.746.